The molecule has 2 rings (SSSR count). The van der Waals surface area contributed by atoms with E-state index in [1.807, 2.05) is 17.0 Å². The summed E-state index contributed by atoms with van der Waals surface area (Å²) in [5.74, 6) is 0. The zero-order chi connectivity index (χ0) is 10.8. The highest BCUT2D eigenvalue weighted by atomic mass is 79.9. The van der Waals surface area contributed by atoms with Gasteiger partial charge in [0.25, 0.3) is 0 Å². The predicted octanol–water partition coefficient (Wildman–Crippen LogP) is 3.47. The average molecular weight is 276 g/mol. The highest BCUT2D eigenvalue weighted by Gasteiger charge is 2.19. The van der Waals surface area contributed by atoms with Crippen molar-refractivity contribution < 1.29 is 8.78 Å². The number of hydrogen-bond donors (Lipinski definition) is 0. The highest BCUT2D eigenvalue weighted by molar-refractivity contribution is 9.10. The van der Waals surface area contributed by atoms with Gasteiger partial charge in [-0.2, -0.15) is 0 Å². The largest absolute Gasteiger partial charge is 0.371 e. The first-order valence-electron chi connectivity index (χ1n) is 4.98. The van der Waals surface area contributed by atoms with E-state index in [1.54, 1.807) is 0 Å². The first-order chi connectivity index (χ1) is 7.16. The molecule has 0 fully saturated rings. The van der Waals surface area contributed by atoms with Crippen molar-refractivity contribution in [2.45, 2.75) is 19.3 Å². The second-order valence-corrected chi connectivity index (χ2v) is 4.61. The number of halogens is 3. The van der Waals surface area contributed by atoms with Crippen molar-refractivity contribution >= 4 is 21.6 Å². The van der Waals surface area contributed by atoms with Crippen molar-refractivity contribution in [2.75, 3.05) is 18.0 Å². The maximum absolute atomic E-state index is 12.1. The molecule has 1 aromatic rings. The van der Waals surface area contributed by atoms with Crippen molar-refractivity contribution in [3.8, 4) is 0 Å². The van der Waals surface area contributed by atoms with Crippen molar-refractivity contribution in [3.63, 3.8) is 0 Å². The van der Waals surface area contributed by atoms with Crippen LogP contribution in [0.15, 0.2) is 22.7 Å². The molecular formula is C11H12BrF2N. The van der Waals surface area contributed by atoms with Gasteiger partial charge in [0, 0.05) is 29.7 Å². The molecule has 1 aromatic carbocycles. The maximum atomic E-state index is 12.1. The molecule has 0 spiro atoms. The summed E-state index contributed by atoms with van der Waals surface area (Å²) >= 11 is 3.40. The Balaban J connectivity index is 2.10. The minimum Gasteiger partial charge on any atom is -0.371 e. The Morgan fingerprint density at radius 2 is 2.20 bits per heavy atom. The lowest BCUT2D eigenvalue weighted by atomic mass is 10.2. The smallest absolute Gasteiger partial charge is 0.240 e. The third kappa shape index (κ3) is 2.48. The maximum Gasteiger partial charge on any atom is 0.240 e. The van der Waals surface area contributed by atoms with Crippen molar-refractivity contribution in [1.29, 1.82) is 0 Å². The number of rotatable bonds is 3. The van der Waals surface area contributed by atoms with Gasteiger partial charge in [0.1, 0.15) is 0 Å². The van der Waals surface area contributed by atoms with E-state index >= 15 is 0 Å². The van der Waals surface area contributed by atoms with Gasteiger partial charge in [-0.1, -0.05) is 22.0 Å². The van der Waals surface area contributed by atoms with Gasteiger partial charge in [0.05, 0.1) is 0 Å². The van der Waals surface area contributed by atoms with Gasteiger partial charge >= 0.3 is 0 Å². The van der Waals surface area contributed by atoms with E-state index in [-0.39, 0.29) is 6.42 Å². The highest BCUT2D eigenvalue weighted by Crippen LogP contribution is 2.31. The first kappa shape index (κ1) is 10.9. The summed E-state index contributed by atoms with van der Waals surface area (Å²) in [6.07, 6.45) is -1.29. The molecule has 1 aliphatic heterocycles. The molecule has 1 nitrogen and oxygen atoms in total. The second kappa shape index (κ2) is 4.47. The fraction of sp³-hybridized carbons (Fsp3) is 0.455. The number of fused-ring (bicyclic) bond motifs is 1. The summed E-state index contributed by atoms with van der Waals surface area (Å²) in [4.78, 5) is 2.03. The number of benzene rings is 1. The van der Waals surface area contributed by atoms with Crippen molar-refractivity contribution in [1.82, 2.24) is 0 Å². The van der Waals surface area contributed by atoms with Crippen LogP contribution in [0.1, 0.15) is 12.0 Å². The van der Waals surface area contributed by atoms with Gasteiger partial charge < -0.3 is 4.90 Å². The lowest BCUT2D eigenvalue weighted by molar-refractivity contribution is 0.140. The van der Waals surface area contributed by atoms with E-state index in [1.165, 1.54) is 5.56 Å². The quantitative estimate of drug-likeness (QED) is 0.817. The fourth-order valence-corrected chi connectivity index (χ4v) is 2.25. The molecule has 0 bridgehead atoms. The number of hydrogen-bond acceptors (Lipinski definition) is 1. The summed E-state index contributed by atoms with van der Waals surface area (Å²) in [5.41, 5.74) is 2.36. The second-order valence-electron chi connectivity index (χ2n) is 3.69. The van der Waals surface area contributed by atoms with Crippen LogP contribution in [0, 0.1) is 0 Å². The average Bonchev–Trinajstić information content (AvgIpc) is 2.57. The molecule has 0 N–H and O–H groups in total. The molecule has 0 saturated carbocycles. The summed E-state index contributed by atoms with van der Waals surface area (Å²) in [7, 11) is 0. The van der Waals surface area contributed by atoms with Gasteiger partial charge in [-0.05, 0) is 24.1 Å². The Kier molecular flexibility index (Phi) is 3.24. The van der Waals surface area contributed by atoms with Crippen LogP contribution >= 0.6 is 15.9 Å². The SMILES string of the molecule is FC(F)CCN1CCc2ccc(Br)cc21. The molecule has 0 aromatic heterocycles. The minimum atomic E-state index is -2.21. The normalized spacial score (nSPS) is 14.8. The third-order valence-electron chi connectivity index (χ3n) is 2.66. The van der Waals surface area contributed by atoms with Gasteiger partial charge in [-0.15, -0.1) is 0 Å². The molecule has 0 amide bonds. The Bertz CT molecular complexity index is 354. The summed E-state index contributed by atoms with van der Waals surface area (Å²) < 4.78 is 25.2. The van der Waals surface area contributed by atoms with Gasteiger partial charge in [-0.25, -0.2) is 8.78 Å². The summed E-state index contributed by atoms with van der Waals surface area (Å²) in [5, 5.41) is 0. The van der Waals surface area contributed by atoms with Gasteiger partial charge in [-0.3, -0.25) is 0 Å². The van der Waals surface area contributed by atoms with Crippen LogP contribution in [0.5, 0.6) is 0 Å². The molecule has 4 heteroatoms. The Morgan fingerprint density at radius 1 is 1.40 bits per heavy atom. The predicted molar refractivity (Wildman–Crippen MR) is 60.7 cm³/mol. The zero-order valence-electron chi connectivity index (χ0n) is 8.22. The van der Waals surface area contributed by atoms with E-state index in [4.69, 9.17) is 0 Å². The van der Waals surface area contributed by atoms with Crippen LogP contribution in [0.25, 0.3) is 0 Å². The lowest BCUT2D eigenvalue weighted by Crippen LogP contribution is -2.23. The van der Waals surface area contributed by atoms with Gasteiger partial charge in [0.2, 0.25) is 6.43 Å². The summed E-state index contributed by atoms with van der Waals surface area (Å²) in [6.45, 7) is 1.31. The van der Waals surface area contributed by atoms with Crippen molar-refractivity contribution in [2.24, 2.45) is 0 Å². The van der Waals surface area contributed by atoms with E-state index in [0.717, 1.165) is 23.1 Å². The molecular weight excluding hydrogens is 264 g/mol. The lowest BCUT2D eigenvalue weighted by Gasteiger charge is -2.19. The van der Waals surface area contributed by atoms with Crippen LogP contribution in [0.3, 0.4) is 0 Å². The Labute approximate surface area is 96.2 Å². The molecule has 0 atom stereocenters. The zero-order valence-corrected chi connectivity index (χ0v) is 9.80. The first-order valence-corrected chi connectivity index (χ1v) is 5.77. The molecule has 0 radical (unpaired) electrons. The van der Waals surface area contributed by atoms with E-state index in [9.17, 15) is 8.78 Å². The molecule has 1 heterocycles. The van der Waals surface area contributed by atoms with Gasteiger partial charge in [0.15, 0.2) is 0 Å². The Hall–Kier alpha value is -0.640. The molecule has 0 saturated heterocycles. The molecule has 0 unspecified atom stereocenters. The van der Waals surface area contributed by atoms with E-state index in [2.05, 4.69) is 22.0 Å². The molecule has 0 aliphatic carbocycles. The fourth-order valence-electron chi connectivity index (χ4n) is 1.90. The number of nitrogens with zero attached hydrogens (tertiary/aromatic N) is 1. The molecule has 1 aliphatic rings. The topological polar surface area (TPSA) is 3.24 Å². The van der Waals surface area contributed by atoms with Crippen LogP contribution in [0.2, 0.25) is 0 Å². The van der Waals surface area contributed by atoms with E-state index < -0.39 is 6.43 Å². The van der Waals surface area contributed by atoms with Crippen LogP contribution < -0.4 is 4.90 Å². The van der Waals surface area contributed by atoms with Crippen molar-refractivity contribution in [3.05, 3.63) is 28.2 Å². The molecule has 82 valence electrons. The van der Waals surface area contributed by atoms with Crippen LogP contribution in [-0.2, 0) is 6.42 Å². The monoisotopic (exact) mass is 275 g/mol. The van der Waals surface area contributed by atoms with Crippen LogP contribution in [0.4, 0.5) is 14.5 Å². The molecule has 15 heavy (non-hydrogen) atoms. The number of alkyl halides is 2. The summed E-state index contributed by atoms with van der Waals surface area (Å²) in [6, 6.07) is 6.06. The van der Waals surface area contributed by atoms with E-state index in [0.29, 0.717) is 6.54 Å². The Morgan fingerprint density at radius 3 is 2.93 bits per heavy atom. The standard InChI is InChI=1S/C11H12BrF2N/c12-9-2-1-8-3-5-15(10(8)7-9)6-4-11(13)14/h1-2,7,11H,3-6H2. The third-order valence-corrected chi connectivity index (χ3v) is 3.15. The van der Waals surface area contributed by atoms with Crippen LogP contribution in [-0.4, -0.2) is 19.5 Å². The minimum absolute atomic E-state index is 0.0496. The number of anilines is 1.